The predicted molar refractivity (Wildman–Crippen MR) is 228 cm³/mol. The summed E-state index contributed by atoms with van der Waals surface area (Å²) in [7, 11) is 0. The zero-order valence-corrected chi connectivity index (χ0v) is 34.1. The Morgan fingerprint density at radius 1 is 0.750 bits per heavy atom. The van der Waals surface area contributed by atoms with Crippen LogP contribution in [0.3, 0.4) is 0 Å². The van der Waals surface area contributed by atoms with E-state index in [4.69, 9.17) is 17.2 Å². The Morgan fingerprint density at radius 3 is 2.12 bits per heavy atom. The molecule has 4 rings (SSSR count). The van der Waals surface area contributed by atoms with Gasteiger partial charge in [0.05, 0.1) is 6.54 Å². The lowest BCUT2D eigenvalue weighted by molar-refractivity contribution is -0.143. The van der Waals surface area contributed by atoms with Crippen LogP contribution in [-0.2, 0) is 41.6 Å². The SMILES string of the molecule is CC(=O)NC(N)=NCCCCCCN1C(=O)[C@@H](Cc2ccc(O)cc2)NC(=O)CNC(=O)[C@H](Cc2ccc3ccccc3c2)NC(=O)[C@H](CCCN=C(N)N)NC(=O)[C@H]1C. The van der Waals surface area contributed by atoms with Crippen LogP contribution in [-0.4, -0.2) is 108 Å². The number of phenolic OH excluding ortho intramolecular Hbond substituents is 1. The van der Waals surface area contributed by atoms with E-state index < -0.39 is 60.2 Å². The number of nitrogens with two attached hydrogens (primary N) is 3. The second kappa shape index (κ2) is 23.0. The molecular weight excluding hydrogens is 771 g/mol. The summed E-state index contributed by atoms with van der Waals surface area (Å²) in [5, 5.41) is 25.2. The molecule has 1 aliphatic heterocycles. The number of rotatable bonds is 15. The van der Waals surface area contributed by atoms with Crippen molar-refractivity contribution in [2.24, 2.45) is 27.2 Å². The smallest absolute Gasteiger partial charge is 0.246 e. The molecule has 0 unspecified atom stereocenters. The maximum Gasteiger partial charge on any atom is 0.246 e. The molecule has 322 valence electrons. The number of benzene rings is 3. The number of carbonyl (C=O) groups is 6. The van der Waals surface area contributed by atoms with Crippen LogP contribution in [0.4, 0.5) is 0 Å². The first-order valence-electron chi connectivity index (χ1n) is 20.1. The van der Waals surface area contributed by atoms with E-state index in [9.17, 15) is 33.9 Å². The number of guanidine groups is 2. The maximum atomic E-state index is 14.5. The molecule has 6 amide bonds. The van der Waals surface area contributed by atoms with Gasteiger partial charge in [-0.15, -0.1) is 0 Å². The minimum atomic E-state index is -1.17. The Hall–Kier alpha value is -6.72. The van der Waals surface area contributed by atoms with Crippen LogP contribution in [0.5, 0.6) is 5.75 Å². The maximum absolute atomic E-state index is 14.5. The van der Waals surface area contributed by atoms with Gasteiger partial charge in [0, 0.05) is 39.4 Å². The van der Waals surface area contributed by atoms with E-state index in [0.29, 0.717) is 44.2 Å². The molecule has 1 heterocycles. The molecule has 18 heteroatoms. The predicted octanol–water partition coefficient (Wildman–Crippen LogP) is 0.197. The summed E-state index contributed by atoms with van der Waals surface area (Å²) in [5.74, 6) is -3.56. The summed E-state index contributed by atoms with van der Waals surface area (Å²) in [5.41, 5.74) is 18.1. The molecule has 0 aromatic heterocycles. The Morgan fingerprint density at radius 2 is 1.40 bits per heavy atom. The third kappa shape index (κ3) is 14.9. The fourth-order valence-electron chi connectivity index (χ4n) is 6.75. The van der Waals surface area contributed by atoms with Crippen LogP contribution in [0.1, 0.15) is 63.5 Å². The van der Waals surface area contributed by atoms with Crippen molar-refractivity contribution in [3.05, 3.63) is 77.9 Å². The topological polar surface area (TPSA) is 289 Å². The van der Waals surface area contributed by atoms with Crippen molar-refractivity contribution in [2.75, 3.05) is 26.2 Å². The number of amides is 6. The molecule has 12 N–H and O–H groups in total. The molecule has 0 saturated carbocycles. The minimum Gasteiger partial charge on any atom is -0.508 e. The monoisotopic (exact) mass is 827 g/mol. The van der Waals surface area contributed by atoms with E-state index in [-0.39, 0.29) is 55.9 Å². The Bertz CT molecular complexity index is 2040. The van der Waals surface area contributed by atoms with Gasteiger partial charge in [-0.1, -0.05) is 67.4 Å². The number of aromatic hydroxyl groups is 1. The van der Waals surface area contributed by atoms with Crippen LogP contribution in [0, 0.1) is 0 Å². The van der Waals surface area contributed by atoms with Gasteiger partial charge in [0.1, 0.15) is 29.9 Å². The second-order valence-electron chi connectivity index (χ2n) is 14.7. The molecule has 3 aromatic rings. The highest BCUT2D eigenvalue weighted by molar-refractivity contribution is 5.97. The number of phenols is 1. The van der Waals surface area contributed by atoms with Crippen LogP contribution in [0.25, 0.3) is 10.8 Å². The summed E-state index contributed by atoms with van der Waals surface area (Å²) in [6.45, 7) is 3.04. The molecule has 1 fully saturated rings. The highest BCUT2D eigenvalue weighted by Crippen LogP contribution is 2.18. The van der Waals surface area contributed by atoms with Gasteiger partial charge >= 0.3 is 0 Å². The van der Waals surface area contributed by atoms with Crippen molar-refractivity contribution in [3.8, 4) is 5.75 Å². The Labute approximate surface area is 349 Å². The molecule has 0 aliphatic carbocycles. The summed E-state index contributed by atoms with van der Waals surface area (Å²) in [6.07, 6.45) is 2.93. The van der Waals surface area contributed by atoms with Gasteiger partial charge in [-0.05, 0) is 66.6 Å². The van der Waals surface area contributed by atoms with E-state index >= 15 is 0 Å². The van der Waals surface area contributed by atoms with Crippen molar-refractivity contribution in [2.45, 2.75) is 89.4 Å². The lowest BCUT2D eigenvalue weighted by atomic mass is 10.0. The van der Waals surface area contributed by atoms with Gasteiger partial charge in [-0.25, -0.2) is 0 Å². The number of hydrogen-bond donors (Lipinski definition) is 9. The number of aliphatic imine (C=N–C) groups is 2. The van der Waals surface area contributed by atoms with E-state index in [2.05, 4.69) is 36.6 Å². The third-order valence-corrected chi connectivity index (χ3v) is 9.92. The zero-order valence-electron chi connectivity index (χ0n) is 34.1. The Kier molecular flexibility index (Phi) is 17.6. The summed E-state index contributed by atoms with van der Waals surface area (Å²) >= 11 is 0. The largest absolute Gasteiger partial charge is 0.508 e. The van der Waals surface area contributed by atoms with Crippen LogP contribution in [0.2, 0.25) is 0 Å². The summed E-state index contributed by atoms with van der Waals surface area (Å²) in [6, 6.07) is 15.0. The van der Waals surface area contributed by atoms with Gasteiger partial charge in [0.15, 0.2) is 11.9 Å². The van der Waals surface area contributed by atoms with Gasteiger partial charge in [-0.2, -0.15) is 0 Å². The Balaban J connectivity index is 1.63. The van der Waals surface area contributed by atoms with Gasteiger partial charge in [0.2, 0.25) is 35.4 Å². The lowest BCUT2D eigenvalue weighted by Gasteiger charge is -2.33. The van der Waals surface area contributed by atoms with Crippen molar-refractivity contribution in [1.82, 2.24) is 31.5 Å². The molecule has 18 nitrogen and oxygen atoms in total. The van der Waals surface area contributed by atoms with Crippen LogP contribution >= 0.6 is 0 Å². The second-order valence-corrected chi connectivity index (χ2v) is 14.7. The standard InChI is InChI=1S/C42H57N11O7/c1-26-37(57)51-33(12-9-20-46-41(43)44)39(59)52-34(24-29-13-16-30-10-5-6-11-31(30)22-29)38(58)48-25-36(56)50-35(23-28-14-17-32(55)18-15-28)40(60)53(26)21-8-4-3-7-19-47-42(45)49-27(2)54/h5-6,10-11,13-18,22,26,33-35,55H,3-4,7-9,12,19-21,23-25H2,1-2H3,(H,48,58)(H,50,56)(H,51,57)(H,52,59)(H4,43,44,46)(H3,45,47,49,54)/t26-,33+,34+,35-/m1/s1. The van der Waals surface area contributed by atoms with Gasteiger partial charge in [-0.3, -0.25) is 44.1 Å². The van der Waals surface area contributed by atoms with Crippen molar-refractivity contribution >= 4 is 58.1 Å². The van der Waals surface area contributed by atoms with E-state index in [1.54, 1.807) is 19.1 Å². The number of carbonyl (C=O) groups excluding carboxylic acids is 6. The van der Waals surface area contributed by atoms with Crippen LogP contribution in [0.15, 0.2) is 76.7 Å². The fraction of sp³-hybridized carbons (Fsp3) is 0.429. The first-order valence-corrected chi connectivity index (χ1v) is 20.1. The average Bonchev–Trinajstić information content (AvgIpc) is 3.21. The number of unbranched alkanes of at least 4 members (excludes halogenated alkanes) is 3. The van der Waals surface area contributed by atoms with Crippen molar-refractivity contribution in [1.29, 1.82) is 0 Å². The molecule has 0 spiro atoms. The quantitative estimate of drug-likeness (QED) is 0.0570. The molecular formula is C42H57N11O7. The first kappa shape index (κ1) is 46.0. The molecule has 1 aliphatic rings. The van der Waals surface area contributed by atoms with Gasteiger partial charge < -0.3 is 48.5 Å². The fourth-order valence-corrected chi connectivity index (χ4v) is 6.75. The average molecular weight is 828 g/mol. The number of nitrogens with one attached hydrogen (secondary N) is 5. The van der Waals surface area contributed by atoms with E-state index in [1.165, 1.54) is 24.0 Å². The van der Waals surface area contributed by atoms with Crippen molar-refractivity contribution in [3.63, 3.8) is 0 Å². The molecule has 0 bridgehead atoms. The van der Waals surface area contributed by atoms with Gasteiger partial charge in [0.25, 0.3) is 0 Å². The molecule has 3 aromatic carbocycles. The summed E-state index contributed by atoms with van der Waals surface area (Å²) in [4.78, 5) is 90.8. The van der Waals surface area contributed by atoms with Crippen molar-refractivity contribution < 1.29 is 33.9 Å². The highest BCUT2D eigenvalue weighted by atomic mass is 16.3. The molecule has 4 atom stereocenters. The molecule has 60 heavy (non-hydrogen) atoms. The normalized spacial score (nSPS) is 19.6. The number of fused-ring (bicyclic) bond motifs is 1. The summed E-state index contributed by atoms with van der Waals surface area (Å²) < 4.78 is 0. The van der Waals surface area contributed by atoms with E-state index in [1.807, 2.05) is 42.5 Å². The number of hydrogen-bond acceptors (Lipinski definition) is 9. The first-order chi connectivity index (χ1) is 28.7. The number of nitrogens with zero attached hydrogens (tertiary/aromatic N) is 3. The molecule has 1 saturated heterocycles. The lowest BCUT2D eigenvalue weighted by Crippen LogP contribution is -2.58. The highest BCUT2D eigenvalue weighted by Gasteiger charge is 2.35. The minimum absolute atomic E-state index is 0.00934. The third-order valence-electron chi connectivity index (χ3n) is 9.92. The zero-order chi connectivity index (χ0) is 43.6. The van der Waals surface area contributed by atoms with E-state index in [0.717, 1.165) is 16.3 Å². The molecule has 0 radical (unpaired) electrons. The van der Waals surface area contributed by atoms with Crippen LogP contribution < -0.4 is 43.8 Å².